The minimum Gasteiger partial charge on any atom is -0.312 e. The summed E-state index contributed by atoms with van der Waals surface area (Å²) in [6, 6.07) is 4.23. The number of H-pyrrole nitrogens is 1. The van der Waals surface area contributed by atoms with Crippen LogP contribution in [0.4, 0.5) is 0 Å². The van der Waals surface area contributed by atoms with Gasteiger partial charge in [-0.1, -0.05) is 13.3 Å². The van der Waals surface area contributed by atoms with Crippen molar-refractivity contribution in [3.05, 3.63) is 30.1 Å². The van der Waals surface area contributed by atoms with E-state index in [2.05, 4.69) is 24.0 Å². The van der Waals surface area contributed by atoms with E-state index < -0.39 is 0 Å². The number of pyridine rings is 1. The summed E-state index contributed by atoms with van der Waals surface area (Å²) in [5.74, 6) is 0. The molecule has 0 saturated carbocycles. The molecule has 1 N–H and O–H groups in total. The molecule has 13 heavy (non-hydrogen) atoms. The van der Waals surface area contributed by atoms with Crippen LogP contribution in [0.25, 0.3) is 0 Å². The number of aromatic nitrogens is 1. The third-order valence-corrected chi connectivity index (χ3v) is 1.33. The zero-order valence-corrected chi connectivity index (χ0v) is 9.17. The Bertz CT molecular complexity index is 192. The van der Waals surface area contributed by atoms with Crippen LogP contribution in [-0.2, 0) is 6.42 Å². The largest absolute Gasteiger partial charge is 0.312 e. The third-order valence-electron chi connectivity index (χ3n) is 1.33. The topological polar surface area (TPSA) is 17.4 Å². The molecule has 74 valence electrons. The summed E-state index contributed by atoms with van der Waals surface area (Å²) in [5, 5.41) is 0. The van der Waals surface area contributed by atoms with E-state index in [1.54, 1.807) is 0 Å². The summed E-state index contributed by atoms with van der Waals surface area (Å²) in [6.45, 7) is 2.19. The molecule has 2 nitrogen and oxygen atoms in total. The summed E-state index contributed by atoms with van der Waals surface area (Å²) in [5.41, 5.74) is 1.41. The fourth-order valence-corrected chi connectivity index (χ4v) is 0.877. The Morgan fingerprint density at radius 2 is 1.62 bits per heavy atom. The Kier molecular flexibility index (Phi) is 7.21. The molecule has 0 aromatic carbocycles. The molecule has 0 fully saturated rings. The van der Waals surface area contributed by atoms with Gasteiger partial charge in [0.2, 0.25) is 0 Å². The van der Waals surface area contributed by atoms with Crippen LogP contribution in [0, 0.1) is 0 Å². The van der Waals surface area contributed by atoms with Crippen molar-refractivity contribution in [3.8, 4) is 0 Å². The number of hydrogen-bond donors (Lipinski definition) is 0. The van der Waals surface area contributed by atoms with Crippen LogP contribution >= 0.6 is 0 Å². The van der Waals surface area contributed by atoms with Crippen LogP contribution in [0.2, 0.25) is 0 Å². The van der Waals surface area contributed by atoms with Gasteiger partial charge in [0.15, 0.2) is 12.4 Å². The van der Waals surface area contributed by atoms with Crippen LogP contribution in [0.3, 0.4) is 0 Å². The number of aryl methyl sites for hydroxylation is 1. The van der Waals surface area contributed by atoms with Gasteiger partial charge in [-0.2, -0.15) is 0 Å². The highest BCUT2D eigenvalue weighted by Crippen LogP contribution is 1.97. The third kappa shape index (κ3) is 9.02. The lowest BCUT2D eigenvalue weighted by atomic mass is 10.2. The highest BCUT2D eigenvalue weighted by molar-refractivity contribution is 5.06. The van der Waals surface area contributed by atoms with E-state index >= 15 is 0 Å². The summed E-state index contributed by atoms with van der Waals surface area (Å²) >= 11 is 0. The van der Waals surface area contributed by atoms with E-state index in [-0.39, 0.29) is 0 Å². The second-order valence-electron chi connectivity index (χ2n) is 3.50. The molecule has 2 heteroatoms. The second-order valence-corrected chi connectivity index (χ2v) is 3.50. The average molecular weight is 181 g/mol. The molecular weight excluding hydrogens is 160 g/mol. The van der Waals surface area contributed by atoms with Gasteiger partial charge in [0.05, 0.1) is 0 Å². The molecule has 0 aliphatic carbocycles. The van der Waals surface area contributed by atoms with Crippen LogP contribution < -0.4 is 4.98 Å². The first-order valence-corrected chi connectivity index (χ1v) is 4.72. The number of nitrogens with zero attached hydrogens (tertiary/aromatic N) is 1. The fourth-order valence-electron chi connectivity index (χ4n) is 0.877. The maximum atomic E-state index is 2.99. The maximum absolute atomic E-state index is 2.99. The first kappa shape index (κ1) is 12.1. The Hall–Kier alpha value is -0.890. The summed E-state index contributed by atoms with van der Waals surface area (Å²) in [7, 11) is 6.00. The summed E-state index contributed by atoms with van der Waals surface area (Å²) < 4.78 is 0. The molecular formula is C11H21N2+. The highest BCUT2D eigenvalue weighted by Gasteiger charge is 1.88. The molecule has 0 amide bonds. The van der Waals surface area contributed by atoms with Gasteiger partial charge in [-0.3, -0.25) is 0 Å². The maximum Gasteiger partial charge on any atom is 0.167 e. The molecule has 0 spiro atoms. The lowest BCUT2D eigenvalue weighted by Crippen LogP contribution is -1.99. The van der Waals surface area contributed by atoms with E-state index in [0.717, 1.165) is 0 Å². The minimum absolute atomic E-state index is 1.19. The number of aromatic amines is 1. The molecule has 0 atom stereocenters. The van der Waals surface area contributed by atoms with Crippen LogP contribution in [0.5, 0.6) is 0 Å². The van der Waals surface area contributed by atoms with Gasteiger partial charge in [0, 0.05) is 12.1 Å². The smallest absolute Gasteiger partial charge is 0.167 e. The standard InChI is InChI=1S/C8H11N.C3H9N/c1-2-3-8-4-6-9-7-5-8;1-4(2)3/h4-7H,2-3H2,1H3;1-3H3/p+1. The fraction of sp³-hybridized carbons (Fsp3) is 0.545. The molecule has 0 bridgehead atoms. The van der Waals surface area contributed by atoms with E-state index in [0.29, 0.717) is 0 Å². The monoisotopic (exact) mass is 181 g/mol. The lowest BCUT2D eigenvalue weighted by molar-refractivity contribution is -0.378. The Labute approximate surface area is 81.6 Å². The summed E-state index contributed by atoms with van der Waals surface area (Å²) in [4.78, 5) is 4.99. The van der Waals surface area contributed by atoms with Gasteiger partial charge in [-0.05, 0) is 33.1 Å². The lowest BCUT2D eigenvalue weighted by Gasteiger charge is -1.90. The second kappa shape index (κ2) is 7.74. The van der Waals surface area contributed by atoms with Crippen molar-refractivity contribution in [1.82, 2.24) is 4.90 Å². The Morgan fingerprint density at radius 1 is 1.15 bits per heavy atom. The molecule has 0 aliphatic heterocycles. The minimum atomic E-state index is 1.19. The van der Waals surface area contributed by atoms with E-state index in [1.165, 1.54) is 18.4 Å². The zero-order valence-electron chi connectivity index (χ0n) is 9.17. The van der Waals surface area contributed by atoms with Gasteiger partial charge in [0.1, 0.15) is 0 Å². The molecule has 1 heterocycles. The van der Waals surface area contributed by atoms with Gasteiger partial charge in [-0.15, -0.1) is 0 Å². The van der Waals surface area contributed by atoms with E-state index in [9.17, 15) is 0 Å². The van der Waals surface area contributed by atoms with Crippen molar-refractivity contribution >= 4 is 0 Å². The van der Waals surface area contributed by atoms with Gasteiger partial charge >= 0.3 is 0 Å². The van der Waals surface area contributed by atoms with Gasteiger partial charge in [0.25, 0.3) is 0 Å². The van der Waals surface area contributed by atoms with Crippen molar-refractivity contribution in [2.24, 2.45) is 0 Å². The molecule has 0 unspecified atom stereocenters. The van der Waals surface area contributed by atoms with E-state index in [1.807, 2.05) is 38.4 Å². The van der Waals surface area contributed by atoms with Gasteiger partial charge < -0.3 is 4.90 Å². The number of rotatable bonds is 2. The molecule has 0 saturated heterocycles. The molecule has 0 radical (unpaired) electrons. The SMILES string of the molecule is CCCc1cc[nH+]cc1.CN(C)C. The normalized spacial score (nSPS) is 9.31. The van der Waals surface area contributed by atoms with E-state index in [4.69, 9.17) is 0 Å². The highest BCUT2D eigenvalue weighted by atomic mass is 15.0. The quantitative estimate of drug-likeness (QED) is 0.678. The van der Waals surface area contributed by atoms with Crippen molar-refractivity contribution in [2.45, 2.75) is 19.8 Å². The van der Waals surface area contributed by atoms with Crippen molar-refractivity contribution in [1.29, 1.82) is 0 Å². The Morgan fingerprint density at radius 3 is 2.00 bits per heavy atom. The van der Waals surface area contributed by atoms with Crippen LogP contribution in [-0.4, -0.2) is 26.0 Å². The van der Waals surface area contributed by atoms with Crippen molar-refractivity contribution in [2.75, 3.05) is 21.1 Å². The Balaban J connectivity index is 0.000000310. The van der Waals surface area contributed by atoms with Crippen LogP contribution in [0.1, 0.15) is 18.9 Å². The van der Waals surface area contributed by atoms with Crippen molar-refractivity contribution in [3.63, 3.8) is 0 Å². The molecule has 1 rings (SSSR count). The number of nitrogens with one attached hydrogen (secondary N) is 1. The zero-order chi connectivity index (χ0) is 10.1. The van der Waals surface area contributed by atoms with Crippen molar-refractivity contribution < 1.29 is 4.98 Å². The van der Waals surface area contributed by atoms with Gasteiger partial charge in [-0.25, -0.2) is 4.98 Å². The average Bonchev–Trinajstić information content (AvgIpc) is 2.06. The molecule has 1 aromatic rings. The van der Waals surface area contributed by atoms with Crippen LogP contribution in [0.15, 0.2) is 24.5 Å². The first-order valence-electron chi connectivity index (χ1n) is 4.72. The predicted molar refractivity (Wildman–Crippen MR) is 56.6 cm³/mol. The summed E-state index contributed by atoms with van der Waals surface area (Å²) in [6.07, 6.45) is 6.34. The predicted octanol–water partition coefficient (Wildman–Crippen LogP) is 1.63. The first-order chi connectivity index (χ1) is 6.16. The molecule has 0 aliphatic rings. The molecule has 1 aromatic heterocycles. The number of hydrogen-bond acceptors (Lipinski definition) is 1.